The van der Waals surface area contributed by atoms with Gasteiger partial charge in [0.05, 0.1) is 12.1 Å². The third kappa shape index (κ3) is 2.74. The van der Waals surface area contributed by atoms with Crippen LogP contribution in [0.4, 0.5) is 5.69 Å². The van der Waals surface area contributed by atoms with Crippen molar-refractivity contribution in [2.24, 2.45) is 0 Å². The summed E-state index contributed by atoms with van der Waals surface area (Å²) in [6.07, 6.45) is 7.71. The largest absolute Gasteiger partial charge is 0.369 e. The highest BCUT2D eigenvalue weighted by atomic mass is 16.2. The zero-order chi connectivity index (χ0) is 15.6. The summed E-state index contributed by atoms with van der Waals surface area (Å²) in [5.41, 5.74) is 2.15. The van der Waals surface area contributed by atoms with Gasteiger partial charge in [0, 0.05) is 61.9 Å². The average molecular weight is 311 g/mol. The van der Waals surface area contributed by atoms with Gasteiger partial charge in [-0.2, -0.15) is 0 Å². The van der Waals surface area contributed by atoms with E-state index < -0.39 is 0 Å². The quantitative estimate of drug-likeness (QED) is 0.897. The molecular formula is C17H21N5O. The van der Waals surface area contributed by atoms with Crippen LogP contribution in [0.25, 0.3) is 10.9 Å². The topological polar surface area (TPSA) is 61.4 Å². The van der Waals surface area contributed by atoms with Crippen molar-refractivity contribution in [1.82, 2.24) is 20.2 Å². The number of hydrogen-bond donors (Lipinski definition) is 1. The molecule has 0 aliphatic carbocycles. The summed E-state index contributed by atoms with van der Waals surface area (Å²) >= 11 is 0. The number of nitrogens with zero attached hydrogens (tertiary/aromatic N) is 4. The summed E-state index contributed by atoms with van der Waals surface area (Å²) in [7, 11) is 0. The van der Waals surface area contributed by atoms with Crippen LogP contribution in [-0.4, -0.2) is 59.5 Å². The minimum absolute atomic E-state index is 0.226. The van der Waals surface area contributed by atoms with Crippen molar-refractivity contribution < 1.29 is 4.79 Å². The molecule has 0 saturated carbocycles. The number of amides is 1. The predicted octanol–water partition coefficient (Wildman–Crippen LogP) is 1.03. The molecule has 1 amide bonds. The van der Waals surface area contributed by atoms with Gasteiger partial charge in [0.25, 0.3) is 0 Å². The van der Waals surface area contributed by atoms with Crippen molar-refractivity contribution in [3.8, 4) is 0 Å². The first-order valence-electron chi connectivity index (χ1n) is 8.27. The van der Waals surface area contributed by atoms with Gasteiger partial charge in [-0.05, 0) is 25.0 Å². The molecule has 1 N–H and O–H groups in total. The number of fused-ring (bicyclic) bond motifs is 1. The molecule has 2 aliphatic rings. The van der Waals surface area contributed by atoms with Gasteiger partial charge in [-0.25, -0.2) is 0 Å². The fraction of sp³-hybridized carbons (Fsp3) is 0.471. The van der Waals surface area contributed by atoms with Crippen LogP contribution in [0.3, 0.4) is 0 Å². The van der Waals surface area contributed by atoms with Crippen LogP contribution in [0.1, 0.15) is 12.8 Å². The minimum Gasteiger partial charge on any atom is -0.369 e. The summed E-state index contributed by atoms with van der Waals surface area (Å²) in [5.74, 6) is 0.226. The molecule has 0 radical (unpaired) electrons. The number of aromatic nitrogens is 2. The van der Waals surface area contributed by atoms with Crippen molar-refractivity contribution in [3.63, 3.8) is 0 Å². The molecule has 1 unspecified atom stereocenters. The van der Waals surface area contributed by atoms with E-state index in [2.05, 4.69) is 31.2 Å². The van der Waals surface area contributed by atoms with Crippen LogP contribution >= 0.6 is 0 Å². The molecule has 1 atom stereocenters. The Morgan fingerprint density at radius 2 is 2.17 bits per heavy atom. The Hall–Kier alpha value is -2.21. The van der Waals surface area contributed by atoms with Gasteiger partial charge in [0.2, 0.25) is 5.91 Å². The maximum absolute atomic E-state index is 12.2. The van der Waals surface area contributed by atoms with E-state index in [0.29, 0.717) is 12.6 Å². The van der Waals surface area contributed by atoms with Crippen LogP contribution in [0.15, 0.2) is 30.7 Å². The molecule has 0 bridgehead atoms. The van der Waals surface area contributed by atoms with E-state index in [1.807, 2.05) is 18.5 Å². The Kier molecular flexibility index (Phi) is 3.83. The lowest BCUT2D eigenvalue weighted by Gasteiger charge is -2.42. The van der Waals surface area contributed by atoms with Crippen LogP contribution in [0.2, 0.25) is 0 Å². The molecule has 2 aromatic rings. The maximum Gasteiger partial charge on any atom is 0.236 e. The predicted molar refractivity (Wildman–Crippen MR) is 89.4 cm³/mol. The van der Waals surface area contributed by atoms with Crippen molar-refractivity contribution in [2.45, 2.75) is 18.9 Å². The summed E-state index contributed by atoms with van der Waals surface area (Å²) in [4.78, 5) is 25.3. The van der Waals surface area contributed by atoms with Crippen molar-refractivity contribution in [1.29, 1.82) is 0 Å². The van der Waals surface area contributed by atoms with Gasteiger partial charge >= 0.3 is 0 Å². The van der Waals surface area contributed by atoms with E-state index in [1.54, 1.807) is 6.20 Å². The normalized spacial score (nSPS) is 22.6. The number of piperidine rings is 1. The Balaban J connectivity index is 1.60. The third-order valence-electron chi connectivity index (χ3n) is 4.82. The second-order valence-electron chi connectivity index (χ2n) is 6.23. The molecular weight excluding hydrogens is 290 g/mol. The van der Waals surface area contributed by atoms with Gasteiger partial charge in [0.1, 0.15) is 0 Å². The van der Waals surface area contributed by atoms with Gasteiger partial charge < -0.3 is 15.1 Å². The Morgan fingerprint density at radius 3 is 3.09 bits per heavy atom. The summed E-state index contributed by atoms with van der Waals surface area (Å²) in [6, 6.07) is 4.31. The number of piperazine rings is 1. The van der Waals surface area contributed by atoms with E-state index in [-0.39, 0.29) is 5.91 Å². The molecule has 0 spiro atoms. The zero-order valence-electron chi connectivity index (χ0n) is 13.1. The van der Waals surface area contributed by atoms with Crippen LogP contribution in [0.5, 0.6) is 0 Å². The van der Waals surface area contributed by atoms with Crippen molar-refractivity contribution in [2.75, 3.05) is 37.6 Å². The van der Waals surface area contributed by atoms with E-state index in [1.165, 1.54) is 5.69 Å². The van der Waals surface area contributed by atoms with E-state index in [4.69, 9.17) is 0 Å². The zero-order valence-corrected chi connectivity index (χ0v) is 13.1. The highest BCUT2D eigenvalue weighted by Crippen LogP contribution is 2.28. The second-order valence-corrected chi connectivity index (χ2v) is 6.23. The monoisotopic (exact) mass is 311 g/mol. The number of carbonyl (C=O) groups excluding carboxylic acids is 1. The first kappa shape index (κ1) is 14.4. The van der Waals surface area contributed by atoms with Crippen LogP contribution in [-0.2, 0) is 4.79 Å². The molecule has 2 fully saturated rings. The molecule has 2 aromatic heterocycles. The molecule has 6 heteroatoms. The van der Waals surface area contributed by atoms with Crippen molar-refractivity contribution in [3.05, 3.63) is 30.7 Å². The maximum atomic E-state index is 12.2. The molecule has 120 valence electrons. The number of nitrogens with one attached hydrogen (secondary N) is 1. The van der Waals surface area contributed by atoms with E-state index in [0.717, 1.165) is 49.9 Å². The van der Waals surface area contributed by atoms with E-state index >= 15 is 0 Å². The smallest absolute Gasteiger partial charge is 0.236 e. The van der Waals surface area contributed by atoms with Crippen molar-refractivity contribution >= 4 is 22.5 Å². The first-order chi connectivity index (χ1) is 11.3. The average Bonchev–Trinajstić information content (AvgIpc) is 2.62. The van der Waals surface area contributed by atoms with Gasteiger partial charge in [-0.3, -0.25) is 14.8 Å². The van der Waals surface area contributed by atoms with Gasteiger partial charge in [-0.15, -0.1) is 0 Å². The molecule has 2 saturated heterocycles. The molecule has 6 nitrogen and oxygen atoms in total. The second kappa shape index (κ2) is 6.12. The highest BCUT2D eigenvalue weighted by molar-refractivity contribution is 5.90. The van der Waals surface area contributed by atoms with Crippen LogP contribution in [0, 0.1) is 0 Å². The number of rotatable bonds is 2. The lowest BCUT2D eigenvalue weighted by Crippen LogP contribution is -2.57. The number of hydrogen-bond acceptors (Lipinski definition) is 5. The van der Waals surface area contributed by atoms with Crippen LogP contribution < -0.4 is 10.2 Å². The molecule has 2 aliphatic heterocycles. The fourth-order valence-electron chi connectivity index (χ4n) is 3.69. The Labute approximate surface area is 135 Å². The SMILES string of the molecule is O=C1CNCCN1C1CCCN(c2ccnc3ccncc23)C1. The van der Waals surface area contributed by atoms with E-state index in [9.17, 15) is 4.79 Å². The summed E-state index contributed by atoms with van der Waals surface area (Å²) in [6.45, 7) is 4.09. The standard InChI is InChI=1S/C17H21N5O/c23-17-11-19-7-9-22(17)13-2-1-8-21(12-13)16-4-6-20-15-3-5-18-10-14(15)16/h3-6,10,13,19H,1-2,7-9,11-12H2. The first-order valence-corrected chi connectivity index (χ1v) is 8.27. The molecule has 23 heavy (non-hydrogen) atoms. The molecule has 0 aromatic carbocycles. The Bertz CT molecular complexity index is 714. The lowest BCUT2D eigenvalue weighted by atomic mass is 10.0. The summed E-state index contributed by atoms with van der Waals surface area (Å²) < 4.78 is 0. The highest BCUT2D eigenvalue weighted by Gasteiger charge is 2.30. The number of anilines is 1. The summed E-state index contributed by atoms with van der Waals surface area (Å²) in [5, 5.41) is 4.23. The Morgan fingerprint density at radius 1 is 1.22 bits per heavy atom. The minimum atomic E-state index is 0.226. The van der Waals surface area contributed by atoms with Gasteiger partial charge in [-0.1, -0.05) is 0 Å². The lowest BCUT2D eigenvalue weighted by molar-refractivity contribution is -0.134. The molecule has 4 rings (SSSR count). The number of carbonyl (C=O) groups is 1. The van der Waals surface area contributed by atoms with Gasteiger partial charge in [0.15, 0.2) is 0 Å². The fourth-order valence-corrected chi connectivity index (χ4v) is 3.69. The third-order valence-corrected chi connectivity index (χ3v) is 4.82. The number of pyridine rings is 2. The molecule has 4 heterocycles.